The Morgan fingerprint density at radius 3 is 2.17 bits per heavy atom. The molecular formula is C24H22FNO4. The fourth-order valence-corrected chi connectivity index (χ4v) is 2.78. The van der Waals surface area contributed by atoms with Gasteiger partial charge in [0, 0.05) is 11.3 Å². The van der Waals surface area contributed by atoms with Gasteiger partial charge in [-0.1, -0.05) is 48.5 Å². The van der Waals surface area contributed by atoms with Crippen LogP contribution in [0.5, 0.6) is 5.75 Å². The normalized spacial score (nSPS) is 12.5. The molecule has 3 aromatic carbocycles. The Kier molecular flexibility index (Phi) is 6.80. The predicted molar refractivity (Wildman–Crippen MR) is 113 cm³/mol. The fraction of sp³-hybridized carbons (Fsp3) is 0.167. The van der Waals surface area contributed by atoms with Crippen LogP contribution in [0.4, 0.5) is 10.1 Å². The molecule has 0 heterocycles. The Bertz CT molecular complexity index is 1010. The lowest BCUT2D eigenvalue weighted by molar-refractivity contribution is -0.159. The van der Waals surface area contributed by atoms with Crippen LogP contribution in [0.15, 0.2) is 78.9 Å². The number of esters is 1. The molecule has 0 aliphatic rings. The first-order valence-corrected chi connectivity index (χ1v) is 9.52. The zero-order chi connectivity index (χ0) is 21.5. The molecular weight excluding hydrogens is 385 g/mol. The Balaban J connectivity index is 1.61. The number of para-hydroxylation sites is 1. The lowest BCUT2D eigenvalue weighted by atomic mass is 10.0. The van der Waals surface area contributed by atoms with Gasteiger partial charge in [0.1, 0.15) is 11.6 Å². The summed E-state index contributed by atoms with van der Waals surface area (Å²) in [6, 6.07) is 22.3. The third-order valence-corrected chi connectivity index (χ3v) is 4.39. The summed E-state index contributed by atoms with van der Waals surface area (Å²) in [5.74, 6) is -1.23. The molecule has 3 aromatic rings. The second-order valence-corrected chi connectivity index (χ2v) is 6.69. The minimum absolute atomic E-state index is 0.328. The molecule has 6 heteroatoms. The van der Waals surface area contributed by atoms with Gasteiger partial charge in [-0.2, -0.15) is 0 Å². The molecule has 0 spiro atoms. The van der Waals surface area contributed by atoms with Gasteiger partial charge in [-0.3, -0.25) is 4.79 Å². The van der Waals surface area contributed by atoms with Crippen molar-refractivity contribution in [2.75, 3.05) is 5.32 Å². The first-order chi connectivity index (χ1) is 14.4. The minimum Gasteiger partial charge on any atom is -0.479 e. The van der Waals surface area contributed by atoms with Crippen molar-refractivity contribution in [3.05, 3.63) is 84.7 Å². The highest BCUT2D eigenvalue weighted by Gasteiger charge is 2.24. The Morgan fingerprint density at radius 2 is 1.47 bits per heavy atom. The summed E-state index contributed by atoms with van der Waals surface area (Å²) in [4.78, 5) is 24.8. The fourth-order valence-electron chi connectivity index (χ4n) is 2.78. The minimum atomic E-state index is -1.03. The van der Waals surface area contributed by atoms with Crippen molar-refractivity contribution in [1.29, 1.82) is 0 Å². The van der Waals surface area contributed by atoms with Crippen LogP contribution >= 0.6 is 0 Å². The quantitative estimate of drug-likeness (QED) is 0.570. The Labute approximate surface area is 174 Å². The van der Waals surface area contributed by atoms with Gasteiger partial charge in [0.25, 0.3) is 5.91 Å². The molecule has 5 nitrogen and oxygen atoms in total. The van der Waals surface area contributed by atoms with Crippen LogP contribution in [0, 0.1) is 5.82 Å². The largest absolute Gasteiger partial charge is 0.479 e. The number of carbonyl (C=O) groups excluding carboxylic acids is 2. The van der Waals surface area contributed by atoms with E-state index < -0.39 is 29.9 Å². The number of benzene rings is 3. The van der Waals surface area contributed by atoms with Crippen molar-refractivity contribution < 1.29 is 23.5 Å². The summed E-state index contributed by atoms with van der Waals surface area (Å²) in [6.07, 6.45) is -1.98. The number of amides is 1. The van der Waals surface area contributed by atoms with Gasteiger partial charge < -0.3 is 14.8 Å². The van der Waals surface area contributed by atoms with Crippen LogP contribution in [0.25, 0.3) is 11.1 Å². The number of anilines is 1. The van der Waals surface area contributed by atoms with Crippen LogP contribution < -0.4 is 10.1 Å². The van der Waals surface area contributed by atoms with Gasteiger partial charge in [0.05, 0.1) is 0 Å². The number of hydrogen-bond donors (Lipinski definition) is 1. The molecule has 2 atom stereocenters. The zero-order valence-electron chi connectivity index (χ0n) is 16.7. The van der Waals surface area contributed by atoms with Crippen molar-refractivity contribution >= 4 is 17.6 Å². The van der Waals surface area contributed by atoms with Gasteiger partial charge in [0.2, 0.25) is 0 Å². The van der Waals surface area contributed by atoms with E-state index in [2.05, 4.69) is 5.32 Å². The number of rotatable bonds is 7. The monoisotopic (exact) mass is 407 g/mol. The highest BCUT2D eigenvalue weighted by Crippen LogP contribution is 2.27. The standard InChI is InChI=1S/C24H22FNO4/c1-16(30-24(28)17(2)29-20-14-12-19(25)13-15-20)23(27)26-22-11-7-6-10-21(22)18-8-4-3-5-9-18/h3-17H,1-2H3,(H,26,27)/t16-,17-/m1/s1. The van der Waals surface area contributed by atoms with Crippen molar-refractivity contribution in [1.82, 2.24) is 0 Å². The maximum atomic E-state index is 13.0. The highest BCUT2D eigenvalue weighted by atomic mass is 19.1. The van der Waals surface area contributed by atoms with Gasteiger partial charge in [0.15, 0.2) is 12.2 Å². The zero-order valence-corrected chi connectivity index (χ0v) is 16.7. The van der Waals surface area contributed by atoms with Crippen molar-refractivity contribution in [3.8, 4) is 16.9 Å². The van der Waals surface area contributed by atoms with E-state index in [4.69, 9.17) is 9.47 Å². The average Bonchev–Trinajstić information content (AvgIpc) is 2.76. The second kappa shape index (κ2) is 9.69. The number of nitrogens with one attached hydrogen (secondary N) is 1. The van der Waals surface area contributed by atoms with E-state index in [0.717, 1.165) is 11.1 Å². The maximum Gasteiger partial charge on any atom is 0.347 e. The van der Waals surface area contributed by atoms with Crippen LogP contribution in [-0.2, 0) is 14.3 Å². The molecule has 1 N–H and O–H groups in total. The molecule has 3 rings (SSSR count). The molecule has 0 saturated carbocycles. The highest BCUT2D eigenvalue weighted by molar-refractivity contribution is 5.98. The summed E-state index contributed by atoms with van der Waals surface area (Å²) < 4.78 is 23.6. The van der Waals surface area contributed by atoms with E-state index in [1.165, 1.54) is 38.1 Å². The SMILES string of the molecule is C[C@@H](OC(=O)[C@@H](C)Oc1ccc(F)cc1)C(=O)Nc1ccccc1-c1ccccc1. The summed E-state index contributed by atoms with van der Waals surface area (Å²) in [5.41, 5.74) is 2.43. The van der Waals surface area contributed by atoms with Gasteiger partial charge >= 0.3 is 5.97 Å². The van der Waals surface area contributed by atoms with Crippen LogP contribution in [0.3, 0.4) is 0 Å². The molecule has 30 heavy (non-hydrogen) atoms. The molecule has 0 saturated heterocycles. The molecule has 0 aliphatic heterocycles. The summed E-state index contributed by atoms with van der Waals surface area (Å²) >= 11 is 0. The number of ether oxygens (including phenoxy) is 2. The summed E-state index contributed by atoms with van der Waals surface area (Å²) in [6.45, 7) is 2.99. The lowest BCUT2D eigenvalue weighted by Gasteiger charge is -2.18. The van der Waals surface area contributed by atoms with E-state index in [1.807, 2.05) is 48.5 Å². The number of carbonyl (C=O) groups is 2. The third kappa shape index (κ3) is 5.44. The Hall–Kier alpha value is -3.67. The average molecular weight is 407 g/mol. The van der Waals surface area contributed by atoms with E-state index in [-0.39, 0.29) is 0 Å². The van der Waals surface area contributed by atoms with Crippen molar-refractivity contribution in [2.24, 2.45) is 0 Å². The Morgan fingerprint density at radius 1 is 0.833 bits per heavy atom. The first-order valence-electron chi connectivity index (χ1n) is 9.52. The maximum absolute atomic E-state index is 13.0. The van der Waals surface area contributed by atoms with Gasteiger partial charge in [-0.15, -0.1) is 0 Å². The molecule has 0 fully saturated rings. The molecule has 0 radical (unpaired) electrons. The lowest BCUT2D eigenvalue weighted by Crippen LogP contribution is -2.35. The van der Waals surface area contributed by atoms with E-state index in [9.17, 15) is 14.0 Å². The molecule has 154 valence electrons. The second-order valence-electron chi connectivity index (χ2n) is 6.69. The van der Waals surface area contributed by atoms with Gasteiger partial charge in [-0.05, 0) is 49.7 Å². The molecule has 0 aromatic heterocycles. The van der Waals surface area contributed by atoms with E-state index in [1.54, 1.807) is 6.07 Å². The topological polar surface area (TPSA) is 64.6 Å². The predicted octanol–water partition coefficient (Wildman–Crippen LogP) is 4.83. The van der Waals surface area contributed by atoms with Crippen LogP contribution in [-0.4, -0.2) is 24.1 Å². The first kappa shape index (κ1) is 21.0. The van der Waals surface area contributed by atoms with Crippen LogP contribution in [0.1, 0.15) is 13.8 Å². The van der Waals surface area contributed by atoms with E-state index >= 15 is 0 Å². The van der Waals surface area contributed by atoms with Crippen molar-refractivity contribution in [3.63, 3.8) is 0 Å². The van der Waals surface area contributed by atoms with Gasteiger partial charge in [-0.25, -0.2) is 9.18 Å². The molecule has 0 unspecified atom stereocenters. The van der Waals surface area contributed by atoms with E-state index in [0.29, 0.717) is 11.4 Å². The molecule has 1 amide bonds. The van der Waals surface area contributed by atoms with Crippen LogP contribution in [0.2, 0.25) is 0 Å². The molecule has 0 aliphatic carbocycles. The summed E-state index contributed by atoms with van der Waals surface area (Å²) in [7, 11) is 0. The smallest absolute Gasteiger partial charge is 0.347 e. The third-order valence-electron chi connectivity index (χ3n) is 4.39. The summed E-state index contributed by atoms with van der Waals surface area (Å²) in [5, 5.41) is 2.81. The number of hydrogen-bond acceptors (Lipinski definition) is 4. The van der Waals surface area contributed by atoms with Crippen molar-refractivity contribution in [2.45, 2.75) is 26.1 Å². The number of halogens is 1. The molecule has 0 bridgehead atoms.